The molecule has 1 aromatic rings. The molecular formula is C14H23N3. The molecule has 1 aliphatic rings. The van der Waals surface area contributed by atoms with E-state index in [1.807, 2.05) is 18.5 Å². The maximum Gasteiger partial charge on any atom is 0.0300 e. The summed E-state index contributed by atoms with van der Waals surface area (Å²) in [6, 6.07) is 5.50. The fraction of sp³-hybridized carbons (Fsp3) is 0.643. The highest BCUT2D eigenvalue weighted by Gasteiger charge is 2.23. The van der Waals surface area contributed by atoms with Gasteiger partial charge >= 0.3 is 0 Å². The van der Waals surface area contributed by atoms with Gasteiger partial charge in [-0.15, -0.1) is 0 Å². The topological polar surface area (TPSA) is 28.2 Å². The molecule has 0 amide bonds. The smallest absolute Gasteiger partial charge is 0.0300 e. The first-order valence-electron chi connectivity index (χ1n) is 6.66. The van der Waals surface area contributed by atoms with Crippen molar-refractivity contribution in [2.45, 2.75) is 38.8 Å². The minimum atomic E-state index is 0.617. The third kappa shape index (κ3) is 3.51. The molecule has 2 heterocycles. The lowest BCUT2D eigenvalue weighted by Gasteiger charge is -2.39. The van der Waals surface area contributed by atoms with Gasteiger partial charge in [-0.3, -0.25) is 9.88 Å². The predicted molar refractivity (Wildman–Crippen MR) is 71.1 cm³/mol. The highest BCUT2D eigenvalue weighted by Crippen LogP contribution is 2.11. The Hall–Kier alpha value is -0.930. The van der Waals surface area contributed by atoms with Crippen LogP contribution in [0.5, 0.6) is 0 Å². The van der Waals surface area contributed by atoms with Crippen molar-refractivity contribution in [3.63, 3.8) is 0 Å². The first-order valence-corrected chi connectivity index (χ1v) is 6.66. The summed E-state index contributed by atoms with van der Waals surface area (Å²) in [5, 5.41) is 3.56. The van der Waals surface area contributed by atoms with Crippen molar-refractivity contribution in [3.8, 4) is 0 Å². The zero-order valence-electron chi connectivity index (χ0n) is 10.9. The lowest BCUT2D eigenvalue weighted by molar-refractivity contribution is 0.133. The molecule has 0 saturated carbocycles. The predicted octanol–water partition coefficient (Wildman–Crippen LogP) is 1.70. The summed E-state index contributed by atoms with van der Waals surface area (Å²) >= 11 is 0. The minimum Gasteiger partial charge on any atom is -0.311 e. The summed E-state index contributed by atoms with van der Waals surface area (Å²) in [7, 11) is 0. The summed E-state index contributed by atoms with van der Waals surface area (Å²) in [4.78, 5) is 6.79. The minimum absolute atomic E-state index is 0.617. The summed E-state index contributed by atoms with van der Waals surface area (Å²) in [5.74, 6) is 0. The standard InChI is InChI=1S/C14H23N3/c1-3-14-10-16-12(2)11-17(14)8-6-13-5-4-7-15-9-13/h4-5,7,9,12,14,16H,3,6,8,10-11H2,1-2H3. The molecule has 2 unspecified atom stereocenters. The molecule has 1 aromatic heterocycles. The third-order valence-corrected chi connectivity index (χ3v) is 3.61. The number of nitrogens with one attached hydrogen (secondary N) is 1. The fourth-order valence-corrected chi connectivity index (χ4v) is 2.53. The van der Waals surface area contributed by atoms with Gasteiger partial charge in [-0.25, -0.2) is 0 Å². The van der Waals surface area contributed by atoms with Crippen LogP contribution < -0.4 is 5.32 Å². The van der Waals surface area contributed by atoms with Crippen LogP contribution in [0.1, 0.15) is 25.8 Å². The summed E-state index contributed by atoms with van der Waals surface area (Å²) in [6.45, 7) is 7.99. The van der Waals surface area contributed by atoms with Crippen LogP contribution in [-0.2, 0) is 6.42 Å². The Labute approximate surface area is 104 Å². The van der Waals surface area contributed by atoms with Gasteiger partial charge in [0.25, 0.3) is 0 Å². The van der Waals surface area contributed by atoms with Gasteiger partial charge in [0, 0.05) is 44.1 Å². The van der Waals surface area contributed by atoms with Crippen molar-refractivity contribution >= 4 is 0 Å². The van der Waals surface area contributed by atoms with Crippen LogP contribution in [0.2, 0.25) is 0 Å². The molecule has 1 fully saturated rings. The second-order valence-corrected chi connectivity index (χ2v) is 4.98. The Kier molecular flexibility index (Phi) is 4.51. The van der Waals surface area contributed by atoms with E-state index in [0.717, 1.165) is 19.5 Å². The van der Waals surface area contributed by atoms with Gasteiger partial charge in [-0.05, 0) is 31.4 Å². The molecule has 0 aliphatic carbocycles. The molecule has 17 heavy (non-hydrogen) atoms. The fourth-order valence-electron chi connectivity index (χ4n) is 2.53. The number of pyridine rings is 1. The Morgan fingerprint density at radius 3 is 3.12 bits per heavy atom. The molecule has 0 spiro atoms. The maximum atomic E-state index is 4.17. The van der Waals surface area contributed by atoms with Gasteiger partial charge in [-0.1, -0.05) is 13.0 Å². The van der Waals surface area contributed by atoms with Gasteiger partial charge in [0.1, 0.15) is 0 Å². The lowest BCUT2D eigenvalue weighted by Crippen LogP contribution is -2.55. The molecule has 2 atom stereocenters. The van der Waals surface area contributed by atoms with Crippen LogP contribution in [0.3, 0.4) is 0 Å². The highest BCUT2D eigenvalue weighted by molar-refractivity contribution is 5.08. The second kappa shape index (κ2) is 6.12. The SMILES string of the molecule is CCC1CNC(C)CN1CCc1cccnc1. The molecule has 1 saturated heterocycles. The first kappa shape index (κ1) is 12.5. The number of rotatable bonds is 4. The van der Waals surface area contributed by atoms with E-state index in [0.29, 0.717) is 12.1 Å². The van der Waals surface area contributed by atoms with E-state index in [4.69, 9.17) is 0 Å². The van der Waals surface area contributed by atoms with Crippen molar-refractivity contribution in [3.05, 3.63) is 30.1 Å². The van der Waals surface area contributed by atoms with E-state index < -0.39 is 0 Å². The maximum absolute atomic E-state index is 4.17. The largest absolute Gasteiger partial charge is 0.311 e. The molecule has 3 heteroatoms. The third-order valence-electron chi connectivity index (χ3n) is 3.61. The molecule has 0 radical (unpaired) electrons. The van der Waals surface area contributed by atoms with Crippen LogP contribution >= 0.6 is 0 Å². The van der Waals surface area contributed by atoms with Gasteiger partial charge in [0.2, 0.25) is 0 Å². The van der Waals surface area contributed by atoms with Gasteiger partial charge in [0.15, 0.2) is 0 Å². The van der Waals surface area contributed by atoms with Gasteiger partial charge in [-0.2, -0.15) is 0 Å². The monoisotopic (exact) mass is 233 g/mol. The molecule has 1 N–H and O–H groups in total. The van der Waals surface area contributed by atoms with E-state index in [-0.39, 0.29) is 0 Å². The normalized spacial score (nSPS) is 26.0. The molecular weight excluding hydrogens is 210 g/mol. The molecule has 3 nitrogen and oxygen atoms in total. The molecule has 1 aliphatic heterocycles. The van der Waals surface area contributed by atoms with Crippen LogP contribution in [0, 0.1) is 0 Å². The summed E-state index contributed by atoms with van der Waals surface area (Å²) < 4.78 is 0. The van der Waals surface area contributed by atoms with E-state index in [1.165, 1.54) is 18.5 Å². The Morgan fingerprint density at radius 1 is 1.53 bits per heavy atom. The van der Waals surface area contributed by atoms with E-state index in [1.54, 1.807) is 0 Å². The van der Waals surface area contributed by atoms with Crippen LogP contribution in [0.4, 0.5) is 0 Å². The first-order chi connectivity index (χ1) is 8.29. The van der Waals surface area contributed by atoms with Crippen molar-refractivity contribution in [1.29, 1.82) is 0 Å². The lowest BCUT2D eigenvalue weighted by atomic mass is 10.1. The van der Waals surface area contributed by atoms with Gasteiger partial charge in [0.05, 0.1) is 0 Å². The van der Waals surface area contributed by atoms with E-state index >= 15 is 0 Å². The average molecular weight is 233 g/mol. The number of hydrogen-bond donors (Lipinski definition) is 1. The summed E-state index contributed by atoms with van der Waals surface area (Å²) in [6.07, 6.45) is 6.15. The van der Waals surface area contributed by atoms with Crippen molar-refractivity contribution < 1.29 is 0 Å². The summed E-state index contributed by atoms with van der Waals surface area (Å²) in [5.41, 5.74) is 1.34. The zero-order valence-corrected chi connectivity index (χ0v) is 10.9. The molecule has 0 bridgehead atoms. The zero-order chi connectivity index (χ0) is 12.1. The molecule has 0 aromatic carbocycles. The number of hydrogen-bond acceptors (Lipinski definition) is 3. The number of aromatic nitrogens is 1. The Morgan fingerprint density at radius 2 is 2.41 bits per heavy atom. The quantitative estimate of drug-likeness (QED) is 0.858. The Bertz CT molecular complexity index is 325. The Balaban J connectivity index is 1.88. The molecule has 2 rings (SSSR count). The van der Waals surface area contributed by atoms with Crippen molar-refractivity contribution in [1.82, 2.24) is 15.2 Å². The van der Waals surface area contributed by atoms with E-state index in [9.17, 15) is 0 Å². The van der Waals surface area contributed by atoms with Gasteiger partial charge < -0.3 is 5.32 Å². The average Bonchev–Trinajstić information content (AvgIpc) is 2.38. The van der Waals surface area contributed by atoms with E-state index in [2.05, 4.69) is 35.1 Å². The van der Waals surface area contributed by atoms with Crippen LogP contribution in [0.25, 0.3) is 0 Å². The second-order valence-electron chi connectivity index (χ2n) is 4.98. The van der Waals surface area contributed by atoms with Crippen molar-refractivity contribution in [2.24, 2.45) is 0 Å². The molecule has 94 valence electrons. The van der Waals surface area contributed by atoms with Crippen LogP contribution in [-0.4, -0.2) is 41.6 Å². The van der Waals surface area contributed by atoms with Crippen molar-refractivity contribution in [2.75, 3.05) is 19.6 Å². The number of nitrogens with zero attached hydrogens (tertiary/aromatic N) is 2. The number of piperazine rings is 1. The highest BCUT2D eigenvalue weighted by atomic mass is 15.2. The van der Waals surface area contributed by atoms with Crippen LogP contribution in [0.15, 0.2) is 24.5 Å².